The van der Waals surface area contributed by atoms with E-state index in [4.69, 9.17) is 0 Å². The zero-order chi connectivity index (χ0) is 18.5. The molecule has 2 aromatic heterocycles. The predicted octanol–water partition coefficient (Wildman–Crippen LogP) is 3.34. The number of rotatable bonds is 5. The van der Waals surface area contributed by atoms with Crippen LogP contribution in [0.15, 0.2) is 61.1 Å². The highest BCUT2D eigenvalue weighted by atomic mass is 19.1. The minimum Gasteiger partial charge on any atom is -0.300 e. The van der Waals surface area contributed by atoms with Gasteiger partial charge in [-0.15, -0.1) is 0 Å². The van der Waals surface area contributed by atoms with Gasteiger partial charge in [0.1, 0.15) is 11.6 Å². The summed E-state index contributed by atoms with van der Waals surface area (Å²) < 4.78 is 29.1. The molecule has 0 radical (unpaired) electrons. The van der Waals surface area contributed by atoms with Crippen molar-refractivity contribution in [2.75, 3.05) is 4.90 Å². The molecule has 3 rings (SSSR count). The first-order valence-corrected chi connectivity index (χ1v) is 7.86. The Morgan fingerprint density at radius 1 is 1.27 bits per heavy atom. The van der Waals surface area contributed by atoms with Crippen LogP contribution in [-0.4, -0.2) is 20.7 Å². The lowest BCUT2D eigenvalue weighted by atomic mass is 10.2. The van der Waals surface area contributed by atoms with Crippen LogP contribution in [0, 0.1) is 11.6 Å². The van der Waals surface area contributed by atoms with Crippen molar-refractivity contribution in [1.29, 1.82) is 0 Å². The largest absolute Gasteiger partial charge is 0.300 e. The molecule has 0 atom stereocenters. The van der Waals surface area contributed by atoms with E-state index in [1.54, 1.807) is 54.6 Å². The van der Waals surface area contributed by atoms with Crippen molar-refractivity contribution in [3.8, 4) is 0 Å². The molecule has 0 fully saturated rings. The summed E-state index contributed by atoms with van der Waals surface area (Å²) in [5.41, 5.74) is 1.30. The molecule has 1 aromatic carbocycles. The second-order valence-corrected chi connectivity index (χ2v) is 5.62. The first-order valence-electron chi connectivity index (χ1n) is 7.86. The molecule has 0 saturated carbocycles. The number of halogens is 2. The van der Waals surface area contributed by atoms with Crippen LogP contribution in [0.2, 0.25) is 0 Å². The van der Waals surface area contributed by atoms with E-state index in [0.717, 1.165) is 17.7 Å². The second-order valence-electron chi connectivity index (χ2n) is 5.62. The molecule has 0 aliphatic rings. The molecule has 0 bridgehead atoms. The zero-order valence-electron chi connectivity index (χ0n) is 14.0. The highest BCUT2D eigenvalue weighted by Crippen LogP contribution is 2.22. The van der Waals surface area contributed by atoms with Gasteiger partial charge in [0.05, 0.1) is 24.1 Å². The first kappa shape index (κ1) is 17.5. The third-order valence-electron chi connectivity index (χ3n) is 3.66. The monoisotopic (exact) mass is 354 g/mol. The van der Waals surface area contributed by atoms with Gasteiger partial charge in [-0.05, 0) is 30.3 Å². The highest BCUT2D eigenvalue weighted by molar-refractivity contribution is 6.03. The Labute approximate surface area is 149 Å². The maximum atomic E-state index is 14.2. The Hall–Kier alpha value is -3.35. The Kier molecular flexibility index (Phi) is 5.17. The van der Waals surface area contributed by atoms with Gasteiger partial charge in [-0.3, -0.25) is 19.4 Å². The van der Waals surface area contributed by atoms with Crippen LogP contribution >= 0.6 is 0 Å². The predicted molar refractivity (Wildman–Crippen MR) is 94.0 cm³/mol. The van der Waals surface area contributed by atoms with E-state index in [1.807, 2.05) is 0 Å². The van der Waals surface area contributed by atoms with Gasteiger partial charge in [0.25, 0.3) is 5.91 Å². The smallest absolute Gasteiger partial charge is 0.251 e. The minimum atomic E-state index is -0.816. The van der Waals surface area contributed by atoms with Crippen molar-refractivity contribution in [1.82, 2.24) is 14.8 Å². The van der Waals surface area contributed by atoms with Gasteiger partial charge in [0, 0.05) is 37.1 Å². The SMILES string of the molecule is Cn1cc(C=CC(=O)N(Cc2ccccn2)c2ccc(F)cc2F)cn1. The van der Waals surface area contributed by atoms with Gasteiger partial charge in [0.2, 0.25) is 0 Å². The van der Waals surface area contributed by atoms with Gasteiger partial charge in [-0.25, -0.2) is 8.78 Å². The Bertz CT molecular complexity index is 938. The van der Waals surface area contributed by atoms with Gasteiger partial charge in [-0.1, -0.05) is 6.07 Å². The summed E-state index contributed by atoms with van der Waals surface area (Å²) in [5, 5.41) is 4.02. The van der Waals surface area contributed by atoms with Crippen molar-refractivity contribution in [2.45, 2.75) is 6.54 Å². The molecule has 5 nitrogen and oxygen atoms in total. The second kappa shape index (κ2) is 7.69. The van der Waals surface area contributed by atoms with Crippen LogP contribution in [0.5, 0.6) is 0 Å². The standard InChI is InChI=1S/C19H16F2N4O/c1-24-12-14(11-23-24)5-8-19(26)25(13-16-4-2-3-9-22-16)18-7-6-15(20)10-17(18)21/h2-12H,13H2,1H3. The third-order valence-corrected chi connectivity index (χ3v) is 3.66. The summed E-state index contributed by atoms with van der Waals surface area (Å²) in [7, 11) is 1.76. The molecule has 0 N–H and O–H groups in total. The fourth-order valence-corrected chi connectivity index (χ4v) is 2.42. The van der Waals surface area contributed by atoms with Crippen LogP contribution < -0.4 is 4.90 Å². The summed E-state index contributed by atoms with van der Waals surface area (Å²) >= 11 is 0. The maximum absolute atomic E-state index is 14.2. The molecule has 7 heteroatoms. The quantitative estimate of drug-likeness (QED) is 0.661. The van der Waals surface area contributed by atoms with Crippen molar-refractivity contribution >= 4 is 17.7 Å². The van der Waals surface area contributed by atoms with E-state index in [9.17, 15) is 13.6 Å². The maximum Gasteiger partial charge on any atom is 0.251 e. The molecule has 2 heterocycles. The van der Waals surface area contributed by atoms with Crippen LogP contribution in [0.1, 0.15) is 11.3 Å². The number of carbonyl (C=O) groups excluding carboxylic acids is 1. The summed E-state index contributed by atoms with van der Waals surface area (Å²) in [4.78, 5) is 18.1. The summed E-state index contributed by atoms with van der Waals surface area (Å²) in [6.45, 7) is 0.0552. The first-order chi connectivity index (χ1) is 12.5. The van der Waals surface area contributed by atoms with E-state index in [-0.39, 0.29) is 12.2 Å². The molecular weight excluding hydrogens is 338 g/mol. The summed E-state index contributed by atoms with van der Waals surface area (Å²) in [6, 6.07) is 8.35. The molecule has 1 amide bonds. The minimum absolute atomic E-state index is 0.0158. The molecule has 0 aliphatic carbocycles. The number of carbonyl (C=O) groups is 1. The highest BCUT2D eigenvalue weighted by Gasteiger charge is 2.19. The molecule has 132 valence electrons. The number of anilines is 1. The Morgan fingerprint density at radius 2 is 2.12 bits per heavy atom. The van der Waals surface area contributed by atoms with E-state index in [1.165, 1.54) is 17.0 Å². The fourth-order valence-electron chi connectivity index (χ4n) is 2.42. The molecule has 0 aliphatic heterocycles. The van der Waals surface area contributed by atoms with Crippen molar-refractivity contribution in [3.63, 3.8) is 0 Å². The number of nitrogens with zero attached hydrogens (tertiary/aromatic N) is 4. The number of hydrogen-bond donors (Lipinski definition) is 0. The molecule has 0 unspecified atom stereocenters. The molecule has 0 saturated heterocycles. The average Bonchev–Trinajstić information content (AvgIpc) is 3.04. The van der Waals surface area contributed by atoms with E-state index < -0.39 is 17.5 Å². The van der Waals surface area contributed by atoms with E-state index in [2.05, 4.69) is 10.1 Å². The van der Waals surface area contributed by atoms with Gasteiger partial charge in [-0.2, -0.15) is 5.10 Å². The van der Waals surface area contributed by atoms with Crippen molar-refractivity contribution < 1.29 is 13.6 Å². The van der Waals surface area contributed by atoms with Crippen LogP contribution in [0.3, 0.4) is 0 Å². The Balaban J connectivity index is 1.91. The average molecular weight is 354 g/mol. The number of amides is 1. The Morgan fingerprint density at radius 3 is 2.77 bits per heavy atom. The molecule has 3 aromatic rings. The lowest BCUT2D eigenvalue weighted by molar-refractivity contribution is -0.114. The topological polar surface area (TPSA) is 51.0 Å². The van der Waals surface area contributed by atoms with Crippen molar-refractivity contribution in [2.24, 2.45) is 7.05 Å². The fraction of sp³-hybridized carbons (Fsp3) is 0.105. The van der Waals surface area contributed by atoms with E-state index >= 15 is 0 Å². The van der Waals surface area contributed by atoms with Crippen LogP contribution in [0.25, 0.3) is 6.08 Å². The number of benzene rings is 1. The van der Waals surface area contributed by atoms with Gasteiger partial charge in [0.15, 0.2) is 0 Å². The van der Waals surface area contributed by atoms with Gasteiger partial charge >= 0.3 is 0 Å². The lowest BCUT2D eigenvalue weighted by Gasteiger charge is -2.21. The molecular formula is C19H16F2N4O. The van der Waals surface area contributed by atoms with Crippen LogP contribution in [-0.2, 0) is 18.4 Å². The third kappa shape index (κ3) is 4.18. The number of hydrogen-bond acceptors (Lipinski definition) is 3. The summed E-state index contributed by atoms with van der Waals surface area (Å²) in [6.07, 6.45) is 7.84. The van der Waals surface area contributed by atoms with Crippen LogP contribution in [0.4, 0.5) is 14.5 Å². The lowest BCUT2D eigenvalue weighted by Crippen LogP contribution is -2.30. The zero-order valence-corrected chi connectivity index (χ0v) is 14.0. The summed E-state index contributed by atoms with van der Waals surface area (Å²) in [5.74, 6) is -1.98. The number of aryl methyl sites for hydroxylation is 1. The molecule has 0 spiro atoms. The normalized spacial score (nSPS) is 11.0. The number of pyridine rings is 1. The van der Waals surface area contributed by atoms with E-state index in [0.29, 0.717) is 5.69 Å². The number of aromatic nitrogens is 3. The van der Waals surface area contributed by atoms with Gasteiger partial charge < -0.3 is 0 Å². The molecule has 26 heavy (non-hydrogen) atoms. The van der Waals surface area contributed by atoms with Crippen molar-refractivity contribution in [3.05, 3.63) is 84.0 Å².